The molecule has 0 unspecified atom stereocenters. The number of hydrogen-bond donors (Lipinski definition) is 1. The monoisotopic (exact) mass is 379 g/mol. The van der Waals surface area contributed by atoms with E-state index in [0.29, 0.717) is 17.2 Å². The third kappa shape index (κ3) is 5.06. The van der Waals surface area contributed by atoms with Crippen molar-refractivity contribution in [1.82, 2.24) is 0 Å². The van der Waals surface area contributed by atoms with E-state index in [4.69, 9.17) is 14.2 Å². The average Bonchev–Trinajstić information content (AvgIpc) is 2.67. The predicted molar refractivity (Wildman–Crippen MR) is 89.0 cm³/mol. The highest BCUT2D eigenvalue weighted by Gasteiger charge is 2.29. The molecule has 0 radical (unpaired) electrons. The second-order valence-corrected chi connectivity index (χ2v) is 5.42. The molecule has 0 aromatic heterocycles. The summed E-state index contributed by atoms with van der Waals surface area (Å²) in [5, 5.41) is 2.47. The molecular weight excluding hydrogens is 364 g/mol. The number of para-hydroxylation sites is 2. The maximum atomic E-state index is 12.1. The maximum absolute atomic E-state index is 12.1. The van der Waals surface area contributed by atoms with Crippen molar-refractivity contribution in [2.75, 3.05) is 18.5 Å². The first-order valence-electron chi connectivity index (χ1n) is 7.91. The van der Waals surface area contributed by atoms with Crippen LogP contribution in [0.2, 0.25) is 0 Å². The second-order valence-electron chi connectivity index (χ2n) is 5.42. The van der Waals surface area contributed by atoms with E-state index >= 15 is 0 Å². The Balaban J connectivity index is 1.46. The van der Waals surface area contributed by atoms with Crippen LogP contribution < -0.4 is 19.5 Å². The molecule has 1 heterocycles. The van der Waals surface area contributed by atoms with Gasteiger partial charge in [0.15, 0.2) is 18.1 Å². The molecule has 1 aliphatic rings. The van der Waals surface area contributed by atoms with Crippen LogP contribution >= 0.6 is 0 Å². The van der Waals surface area contributed by atoms with E-state index in [9.17, 15) is 18.4 Å². The lowest BCUT2D eigenvalue weighted by Crippen LogP contribution is -2.39. The van der Waals surface area contributed by atoms with E-state index in [-0.39, 0.29) is 12.4 Å². The van der Waals surface area contributed by atoms with Crippen molar-refractivity contribution in [1.29, 1.82) is 0 Å². The molecule has 7 nitrogen and oxygen atoms in total. The summed E-state index contributed by atoms with van der Waals surface area (Å²) in [6, 6.07) is 12.2. The van der Waals surface area contributed by atoms with Gasteiger partial charge in [-0.05, 0) is 36.4 Å². The highest BCUT2D eigenvalue weighted by atomic mass is 19.3. The lowest BCUT2D eigenvalue weighted by molar-refractivity contribution is -0.156. The fourth-order valence-electron chi connectivity index (χ4n) is 2.28. The number of amides is 1. The topological polar surface area (TPSA) is 83.1 Å². The molecule has 2 aromatic carbocycles. The zero-order valence-corrected chi connectivity index (χ0v) is 13.9. The van der Waals surface area contributed by atoms with Gasteiger partial charge in [-0.15, -0.1) is 0 Å². The minimum Gasteiger partial charge on any atom is -0.485 e. The Morgan fingerprint density at radius 2 is 1.81 bits per heavy atom. The van der Waals surface area contributed by atoms with Gasteiger partial charge in [0.25, 0.3) is 5.91 Å². The van der Waals surface area contributed by atoms with Crippen molar-refractivity contribution in [2.24, 2.45) is 0 Å². The van der Waals surface area contributed by atoms with Crippen LogP contribution in [-0.4, -0.2) is 37.8 Å². The Morgan fingerprint density at radius 3 is 2.52 bits per heavy atom. The van der Waals surface area contributed by atoms with Crippen molar-refractivity contribution in [3.63, 3.8) is 0 Å². The number of anilines is 1. The highest BCUT2D eigenvalue weighted by molar-refractivity contribution is 5.93. The maximum Gasteiger partial charge on any atom is 0.387 e. The van der Waals surface area contributed by atoms with Crippen LogP contribution in [0.4, 0.5) is 14.5 Å². The number of carbonyl (C=O) groups excluding carboxylic acids is 2. The van der Waals surface area contributed by atoms with Crippen LogP contribution in [0.25, 0.3) is 0 Å². The quantitative estimate of drug-likeness (QED) is 0.777. The normalized spacial score (nSPS) is 15.1. The van der Waals surface area contributed by atoms with Gasteiger partial charge in [0.1, 0.15) is 12.4 Å². The van der Waals surface area contributed by atoms with Crippen LogP contribution in [0.1, 0.15) is 0 Å². The summed E-state index contributed by atoms with van der Waals surface area (Å²) < 4.78 is 44.2. The zero-order chi connectivity index (χ0) is 19.2. The van der Waals surface area contributed by atoms with Gasteiger partial charge < -0.3 is 24.3 Å². The molecule has 1 amide bonds. The number of benzene rings is 2. The first-order valence-corrected chi connectivity index (χ1v) is 7.91. The summed E-state index contributed by atoms with van der Waals surface area (Å²) in [6.07, 6.45) is -0.974. The molecule has 27 heavy (non-hydrogen) atoms. The number of rotatable bonds is 6. The lowest BCUT2D eigenvalue weighted by Gasteiger charge is -2.24. The number of ether oxygens (including phenoxy) is 4. The smallest absolute Gasteiger partial charge is 0.387 e. The summed E-state index contributed by atoms with van der Waals surface area (Å²) in [7, 11) is 0. The van der Waals surface area contributed by atoms with Crippen molar-refractivity contribution in [3.8, 4) is 17.2 Å². The van der Waals surface area contributed by atoms with Gasteiger partial charge in [-0.1, -0.05) is 12.1 Å². The number of carbonyl (C=O) groups is 2. The Hall–Kier alpha value is -3.36. The fraction of sp³-hybridized carbons (Fsp3) is 0.222. The first-order chi connectivity index (χ1) is 13.0. The molecule has 1 N–H and O–H groups in total. The molecule has 0 saturated heterocycles. The van der Waals surface area contributed by atoms with Crippen LogP contribution in [0.5, 0.6) is 17.2 Å². The molecule has 0 spiro atoms. The molecule has 9 heteroatoms. The van der Waals surface area contributed by atoms with Crippen molar-refractivity contribution >= 4 is 17.6 Å². The largest absolute Gasteiger partial charge is 0.485 e. The van der Waals surface area contributed by atoms with E-state index in [2.05, 4.69) is 10.1 Å². The van der Waals surface area contributed by atoms with Gasteiger partial charge in [-0.3, -0.25) is 4.79 Å². The molecule has 1 aliphatic heterocycles. The lowest BCUT2D eigenvalue weighted by atomic mass is 10.2. The van der Waals surface area contributed by atoms with E-state index in [1.807, 2.05) is 0 Å². The summed E-state index contributed by atoms with van der Waals surface area (Å²) in [5.74, 6) is -0.424. The van der Waals surface area contributed by atoms with Crippen LogP contribution in [0, 0.1) is 0 Å². The number of fused-ring (bicyclic) bond motifs is 1. The van der Waals surface area contributed by atoms with Crippen LogP contribution in [-0.2, 0) is 14.3 Å². The highest BCUT2D eigenvalue weighted by Crippen LogP contribution is 2.31. The van der Waals surface area contributed by atoms with Gasteiger partial charge in [-0.2, -0.15) is 8.78 Å². The summed E-state index contributed by atoms with van der Waals surface area (Å²) >= 11 is 0. The Morgan fingerprint density at radius 1 is 1.11 bits per heavy atom. The van der Waals surface area contributed by atoms with Crippen molar-refractivity contribution in [3.05, 3.63) is 48.5 Å². The van der Waals surface area contributed by atoms with E-state index in [1.54, 1.807) is 24.3 Å². The van der Waals surface area contributed by atoms with Gasteiger partial charge in [0.05, 0.1) is 0 Å². The summed E-state index contributed by atoms with van der Waals surface area (Å²) in [4.78, 5) is 23.9. The van der Waals surface area contributed by atoms with Gasteiger partial charge >= 0.3 is 12.6 Å². The minimum atomic E-state index is -2.93. The molecule has 0 aliphatic carbocycles. The standard InChI is InChI=1S/C18H15F2NO6/c19-18(20)26-12-7-5-11(6-8-12)21-16(22)10-25-17(23)15-9-24-13-3-1-2-4-14(13)27-15/h1-8,15,18H,9-10H2,(H,21,22)/t15-/m1/s1. The molecule has 142 valence electrons. The number of alkyl halides is 2. The van der Waals surface area contributed by atoms with Crippen LogP contribution in [0.3, 0.4) is 0 Å². The number of hydrogen-bond acceptors (Lipinski definition) is 6. The fourth-order valence-corrected chi connectivity index (χ4v) is 2.28. The molecular formula is C18H15F2NO6. The van der Waals surface area contributed by atoms with Crippen molar-refractivity contribution < 1.29 is 37.3 Å². The molecule has 0 bridgehead atoms. The average molecular weight is 379 g/mol. The van der Waals surface area contributed by atoms with Gasteiger partial charge in [0.2, 0.25) is 6.10 Å². The van der Waals surface area contributed by atoms with Gasteiger partial charge in [0, 0.05) is 5.69 Å². The second kappa shape index (κ2) is 8.35. The van der Waals surface area contributed by atoms with Crippen LogP contribution in [0.15, 0.2) is 48.5 Å². The molecule has 2 aromatic rings. The Bertz CT molecular complexity index is 812. The van der Waals surface area contributed by atoms with E-state index < -0.39 is 31.2 Å². The number of esters is 1. The van der Waals surface area contributed by atoms with Gasteiger partial charge in [-0.25, -0.2) is 4.79 Å². The third-order valence-electron chi connectivity index (χ3n) is 3.48. The number of halogens is 2. The Kier molecular flexibility index (Phi) is 5.70. The summed E-state index contributed by atoms with van der Waals surface area (Å²) in [6.45, 7) is -3.48. The number of nitrogens with one attached hydrogen (secondary N) is 1. The van der Waals surface area contributed by atoms with Crippen molar-refractivity contribution in [2.45, 2.75) is 12.7 Å². The molecule has 1 atom stereocenters. The Labute approximate surface area is 152 Å². The SMILES string of the molecule is O=C(COC(=O)[C@H]1COc2ccccc2O1)Nc1ccc(OC(F)F)cc1. The van der Waals surface area contributed by atoms with E-state index in [0.717, 1.165) is 0 Å². The third-order valence-corrected chi connectivity index (χ3v) is 3.48. The summed E-state index contributed by atoms with van der Waals surface area (Å²) in [5.41, 5.74) is 0.337. The predicted octanol–water partition coefficient (Wildman–Crippen LogP) is 2.61. The molecule has 0 saturated carbocycles. The van der Waals surface area contributed by atoms with E-state index in [1.165, 1.54) is 24.3 Å². The first kappa shape index (κ1) is 18.4. The molecule has 3 rings (SSSR count). The minimum absolute atomic E-state index is 0.0247. The zero-order valence-electron chi connectivity index (χ0n) is 13.9. The molecule has 0 fully saturated rings.